The van der Waals surface area contributed by atoms with Gasteiger partial charge in [-0.15, -0.1) is 10.2 Å². The zero-order chi connectivity index (χ0) is 16.7. The molecule has 1 aromatic heterocycles. The van der Waals surface area contributed by atoms with Crippen LogP contribution in [0.1, 0.15) is 36.6 Å². The van der Waals surface area contributed by atoms with E-state index in [1.165, 1.54) is 0 Å². The van der Waals surface area contributed by atoms with E-state index in [2.05, 4.69) is 20.1 Å². The zero-order valence-electron chi connectivity index (χ0n) is 13.3. The number of ether oxygens (including phenoxy) is 1. The van der Waals surface area contributed by atoms with Gasteiger partial charge in [-0.05, 0) is 37.6 Å². The van der Waals surface area contributed by atoms with Crippen molar-refractivity contribution in [2.75, 3.05) is 6.61 Å². The molecule has 1 N–H and O–H groups in total. The molecule has 2 aromatic rings. The summed E-state index contributed by atoms with van der Waals surface area (Å²) in [5.74, 6) is 2.37. The van der Waals surface area contributed by atoms with Gasteiger partial charge in [0.25, 0.3) is 5.91 Å². The van der Waals surface area contributed by atoms with Gasteiger partial charge in [0.2, 0.25) is 0 Å². The lowest BCUT2D eigenvalue weighted by atomic mass is 10.1. The van der Waals surface area contributed by atoms with Crippen LogP contribution < -0.4 is 10.1 Å². The van der Waals surface area contributed by atoms with Crippen molar-refractivity contribution in [3.05, 3.63) is 46.0 Å². The van der Waals surface area contributed by atoms with Gasteiger partial charge < -0.3 is 14.6 Å². The quantitative estimate of drug-likeness (QED) is 0.929. The minimum absolute atomic E-state index is 0.163. The summed E-state index contributed by atoms with van der Waals surface area (Å²) in [6.07, 6.45) is 3.85. The Balaban J connectivity index is 1.52. The predicted octanol–water partition coefficient (Wildman–Crippen LogP) is 2.53. The van der Waals surface area contributed by atoms with Crippen molar-refractivity contribution >= 4 is 23.6 Å². The number of aromatic nitrogens is 3. The fourth-order valence-corrected chi connectivity index (χ4v) is 3.31. The Morgan fingerprint density at radius 1 is 1.42 bits per heavy atom. The topological polar surface area (TPSA) is 69.0 Å². The Hall–Kier alpha value is -2.34. The molecule has 0 bridgehead atoms. The van der Waals surface area contributed by atoms with Gasteiger partial charge in [-0.2, -0.15) is 0 Å². The van der Waals surface area contributed by atoms with Crippen molar-refractivity contribution < 1.29 is 9.53 Å². The van der Waals surface area contributed by atoms with Gasteiger partial charge in [0.1, 0.15) is 18.2 Å². The maximum atomic E-state index is 12.5. The van der Waals surface area contributed by atoms with Gasteiger partial charge in [-0.1, -0.05) is 11.6 Å². The molecule has 0 aliphatic carbocycles. The maximum absolute atomic E-state index is 12.5. The third kappa shape index (κ3) is 2.67. The molecule has 0 spiro atoms. The van der Waals surface area contributed by atoms with Crippen molar-refractivity contribution in [1.29, 1.82) is 0 Å². The molecule has 0 fully saturated rings. The van der Waals surface area contributed by atoms with E-state index in [1.807, 2.05) is 19.1 Å². The highest BCUT2D eigenvalue weighted by atomic mass is 35.5. The molecule has 1 aromatic carbocycles. The third-order valence-corrected chi connectivity index (χ3v) is 4.58. The van der Waals surface area contributed by atoms with E-state index in [9.17, 15) is 4.79 Å². The van der Waals surface area contributed by atoms with Crippen LogP contribution in [0.3, 0.4) is 0 Å². The number of hydrogen-bond donors (Lipinski definition) is 1. The van der Waals surface area contributed by atoms with E-state index < -0.39 is 0 Å². The summed E-state index contributed by atoms with van der Waals surface area (Å²) in [6.45, 7) is 3.07. The van der Waals surface area contributed by atoms with Crippen molar-refractivity contribution in [3.63, 3.8) is 0 Å². The molecule has 0 radical (unpaired) electrons. The molecular weight excluding hydrogens is 328 g/mol. The van der Waals surface area contributed by atoms with Crippen LogP contribution in [-0.4, -0.2) is 27.3 Å². The highest BCUT2D eigenvalue weighted by Gasteiger charge is 2.24. The number of amides is 1. The van der Waals surface area contributed by atoms with Crippen LogP contribution in [0.15, 0.2) is 23.8 Å². The molecule has 7 heteroatoms. The Morgan fingerprint density at radius 3 is 3.17 bits per heavy atom. The average molecular weight is 345 g/mol. The molecule has 124 valence electrons. The maximum Gasteiger partial charge on any atom is 0.251 e. The highest BCUT2D eigenvalue weighted by molar-refractivity contribution is 6.30. The van der Waals surface area contributed by atoms with Crippen LogP contribution in [0.2, 0.25) is 5.02 Å². The molecule has 0 saturated heterocycles. The van der Waals surface area contributed by atoms with Crippen molar-refractivity contribution in [3.8, 4) is 5.75 Å². The number of hydrogen-bond acceptors (Lipinski definition) is 4. The zero-order valence-corrected chi connectivity index (χ0v) is 14.0. The van der Waals surface area contributed by atoms with Crippen LogP contribution in [0, 0.1) is 0 Å². The molecule has 2 aliphatic heterocycles. The lowest BCUT2D eigenvalue weighted by Gasteiger charge is -2.20. The molecule has 1 atom stereocenters. The Bertz CT molecular complexity index is 843. The summed E-state index contributed by atoms with van der Waals surface area (Å²) in [4.78, 5) is 12.5. The highest BCUT2D eigenvalue weighted by Crippen LogP contribution is 2.29. The monoisotopic (exact) mass is 344 g/mol. The smallest absolute Gasteiger partial charge is 0.251 e. The number of fused-ring (bicyclic) bond motifs is 2. The summed E-state index contributed by atoms with van der Waals surface area (Å²) in [5, 5.41) is 12.0. The number of carbonyl (C=O) groups is 1. The summed E-state index contributed by atoms with van der Waals surface area (Å²) < 4.78 is 7.73. The van der Waals surface area contributed by atoms with E-state index in [4.69, 9.17) is 16.3 Å². The first kappa shape index (κ1) is 15.2. The fraction of sp³-hybridized carbons (Fsp3) is 0.353. The molecule has 24 heavy (non-hydrogen) atoms. The number of benzene rings is 1. The van der Waals surface area contributed by atoms with Crippen LogP contribution in [0.5, 0.6) is 5.75 Å². The van der Waals surface area contributed by atoms with Crippen molar-refractivity contribution in [2.45, 2.75) is 32.4 Å². The average Bonchev–Trinajstić information content (AvgIpc) is 3.17. The second-order valence-corrected chi connectivity index (χ2v) is 6.50. The molecule has 6 nitrogen and oxygen atoms in total. The van der Waals surface area contributed by atoms with Crippen LogP contribution in [-0.2, 0) is 17.8 Å². The van der Waals surface area contributed by atoms with E-state index in [0.29, 0.717) is 10.6 Å². The van der Waals surface area contributed by atoms with Crippen LogP contribution in [0.25, 0.3) is 6.08 Å². The van der Waals surface area contributed by atoms with Gasteiger partial charge >= 0.3 is 0 Å². The molecule has 1 amide bonds. The standard InChI is InChI=1S/C17H17ClN4O2/c1-10(16-21-20-15-3-2-6-22(15)16)19-17(23)12-7-11-8-13(18)4-5-14(11)24-9-12/h4-5,7-8,10H,2-3,6,9H2,1H3,(H,19,23)/t10-/m0/s1. The molecule has 2 aliphatic rings. The summed E-state index contributed by atoms with van der Waals surface area (Å²) in [7, 11) is 0. The van der Waals surface area contributed by atoms with Gasteiger partial charge in [0, 0.05) is 23.6 Å². The van der Waals surface area contributed by atoms with Crippen molar-refractivity contribution in [1.82, 2.24) is 20.1 Å². The number of nitrogens with one attached hydrogen (secondary N) is 1. The normalized spacial score (nSPS) is 16.7. The second kappa shape index (κ2) is 5.94. The molecular formula is C17H17ClN4O2. The predicted molar refractivity (Wildman–Crippen MR) is 89.8 cm³/mol. The van der Waals surface area contributed by atoms with E-state index >= 15 is 0 Å². The first-order valence-corrected chi connectivity index (χ1v) is 8.35. The van der Waals surface area contributed by atoms with Crippen LogP contribution >= 0.6 is 11.6 Å². The molecule has 4 rings (SSSR count). The largest absolute Gasteiger partial charge is 0.488 e. The minimum atomic E-state index is -0.210. The Labute approximate surface area is 144 Å². The van der Waals surface area contributed by atoms with Gasteiger partial charge in [0.15, 0.2) is 5.82 Å². The summed E-state index contributed by atoms with van der Waals surface area (Å²) >= 11 is 6.01. The van der Waals surface area contributed by atoms with E-state index in [1.54, 1.807) is 12.1 Å². The minimum Gasteiger partial charge on any atom is -0.488 e. The molecule has 0 saturated carbocycles. The van der Waals surface area contributed by atoms with Gasteiger partial charge in [-0.3, -0.25) is 4.79 Å². The third-order valence-electron chi connectivity index (χ3n) is 4.35. The number of carbonyl (C=O) groups excluding carboxylic acids is 1. The number of nitrogens with zero attached hydrogens (tertiary/aromatic N) is 3. The molecule has 0 unspecified atom stereocenters. The lowest BCUT2D eigenvalue weighted by Crippen LogP contribution is -2.32. The van der Waals surface area contributed by atoms with E-state index in [0.717, 1.165) is 42.3 Å². The van der Waals surface area contributed by atoms with E-state index in [-0.39, 0.29) is 18.6 Å². The van der Waals surface area contributed by atoms with Gasteiger partial charge in [-0.25, -0.2) is 0 Å². The summed E-state index contributed by atoms with van der Waals surface area (Å²) in [6, 6.07) is 5.16. The first-order valence-electron chi connectivity index (χ1n) is 7.97. The van der Waals surface area contributed by atoms with Crippen molar-refractivity contribution in [2.24, 2.45) is 0 Å². The Kier molecular flexibility index (Phi) is 3.76. The van der Waals surface area contributed by atoms with Gasteiger partial charge in [0.05, 0.1) is 11.6 Å². The number of rotatable bonds is 3. The fourth-order valence-electron chi connectivity index (χ4n) is 3.13. The molecule has 3 heterocycles. The summed E-state index contributed by atoms with van der Waals surface area (Å²) in [5.41, 5.74) is 1.38. The Morgan fingerprint density at radius 2 is 2.29 bits per heavy atom. The first-order chi connectivity index (χ1) is 11.6. The lowest BCUT2D eigenvalue weighted by molar-refractivity contribution is -0.118. The second-order valence-electron chi connectivity index (χ2n) is 6.07. The SMILES string of the molecule is C[C@H](NC(=O)C1=Cc2cc(Cl)ccc2OC1)c1nnc2n1CCC2. The number of halogens is 1. The van der Waals surface area contributed by atoms with Crippen LogP contribution in [0.4, 0.5) is 0 Å². The number of aryl methyl sites for hydroxylation is 1.